The number of nitrogens with one attached hydrogen (secondary N) is 1. The lowest BCUT2D eigenvalue weighted by Gasteiger charge is -2.40. The molecule has 106 valence electrons. The van der Waals surface area contributed by atoms with E-state index < -0.39 is 37.3 Å². The first-order valence-corrected chi connectivity index (χ1v) is 5.89. The molecule has 0 aromatic heterocycles. The standard InChI is InChI=1S/C12H17NO6/c14-5-8-9(16)10(17)11(18)12(19-8)13-6-1-3-7(15)4-2-6/h1-4,8-18H,5H2/t8-,9+,10+,11-,12-/m0/s1. The number of anilines is 1. The summed E-state index contributed by atoms with van der Waals surface area (Å²) in [4.78, 5) is 0. The Morgan fingerprint density at radius 1 is 1.00 bits per heavy atom. The minimum absolute atomic E-state index is 0.0966. The molecule has 0 spiro atoms. The minimum atomic E-state index is -1.42. The van der Waals surface area contributed by atoms with Crippen LogP contribution in [-0.2, 0) is 4.74 Å². The van der Waals surface area contributed by atoms with Gasteiger partial charge in [-0.05, 0) is 24.3 Å². The van der Waals surface area contributed by atoms with Crippen molar-refractivity contribution in [1.29, 1.82) is 0 Å². The van der Waals surface area contributed by atoms with Crippen LogP contribution in [0.25, 0.3) is 0 Å². The van der Waals surface area contributed by atoms with Crippen molar-refractivity contribution in [2.24, 2.45) is 0 Å². The fourth-order valence-corrected chi connectivity index (χ4v) is 1.94. The number of hydrogen-bond donors (Lipinski definition) is 6. The van der Waals surface area contributed by atoms with E-state index >= 15 is 0 Å². The maximum absolute atomic E-state index is 9.81. The van der Waals surface area contributed by atoms with Crippen LogP contribution < -0.4 is 5.32 Å². The fraction of sp³-hybridized carbons (Fsp3) is 0.500. The van der Waals surface area contributed by atoms with Gasteiger partial charge in [0, 0.05) is 5.69 Å². The van der Waals surface area contributed by atoms with E-state index in [9.17, 15) is 15.3 Å². The molecule has 1 fully saturated rings. The van der Waals surface area contributed by atoms with Gasteiger partial charge in [0.05, 0.1) is 6.61 Å². The number of phenols is 1. The summed E-state index contributed by atoms with van der Waals surface area (Å²) in [7, 11) is 0. The van der Waals surface area contributed by atoms with E-state index in [0.717, 1.165) is 0 Å². The lowest BCUT2D eigenvalue weighted by atomic mass is 9.98. The normalized spacial score (nSPS) is 35.1. The number of benzene rings is 1. The quantitative estimate of drug-likeness (QED) is 0.374. The molecule has 1 aliphatic heterocycles. The van der Waals surface area contributed by atoms with Crippen LogP contribution in [0.15, 0.2) is 24.3 Å². The fourth-order valence-electron chi connectivity index (χ4n) is 1.94. The second-order valence-corrected chi connectivity index (χ2v) is 4.44. The van der Waals surface area contributed by atoms with Crippen LogP contribution in [-0.4, -0.2) is 62.8 Å². The molecule has 0 unspecified atom stereocenters. The number of aromatic hydroxyl groups is 1. The molecule has 0 amide bonds. The Labute approximate surface area is 109 Å². The Kier molecular flexibility index (Phi) is 4.23. The van der Waals surface area contributed by atoms with Crippen LogP contribution in [0.4, 0.5) is 5.69 Å². The van der Waals surface area contributed by atoms with Crippen LogP contribution >= 0.6 is 0 Å². The van der Waals surface area contributed by atoms with Crippen LogP contribution in [0.5, 0.6) is 5.75 Å². The molecule has 7 nitrogen and oxygen atoms in total. The second-order valence-electron chi connectivity index (χ2n) is 4.44. The van der Waals surface area contributed by atoms with Crippen LogP contribution in [0.2, 0.25) is 0 Å². The Bertz CT molecular complexity index is 409. The highest BCUT2D eigenvalue weighted by molar-refractivity contribution is 5.46. The number of phenolic OH excluding ortho intramolecular Hbond substituents is 1. The molecule has 7 heteroatoms. The summed E-state index contributed by atoms with van der Waals surface area (Å²) in [5.74, 6) is 0.0966. The topological polar surface area (TPSA) is 122 Å². The van der Waals surface area contributed by atoms with Crippen LogP contribution in [0, 0.1) is 0 Å². The summed E-state index contributed by atoms with van der Waals surface area (Å²) < 4.78 is 5.28. The van der Waals surface area contributed by atoms with Crippen molar-refractivity contribution in [2.45, 2.75) is 30.6 Å². The molecule has 2 rings (SSSR count). The monoisotopic (exact) mass is 271 g/mol. The predicted molar refractivity (Wildman–Crippen MR) is 65.5 cm³/mol. The summed E-state index contributed by atoms with van der Waals surface area (Å²) >= 11 is 0. The largest absolute Gasteiger partial charge is 0.508 e. The minimum Gasteiger partial charge on any atom is -0.508 e. The number of aliphatic hydroxyl groups excluding tert-OH is 4. The summed E-state index contributed by atoms with van der Waals surface area (Å²) in [6.45, 7) is -0.474. The van der Waals surface area contributed by atoms with Crippen LogP contribution in [0.3, 0.4) is 0 Å². The molecular weight excluding hydrogens is 254 g/mol. The third-order valence-corrected chi connectivity index (χ3v) is 3.07. The van der Waals surface area contributed by atoms with Gasteiger partial charge in [0.2, 0.25) is 0 Å². The molecule has 1 aromatic carbocycles. The summed E-state index contributed by atoms with van der Waals surface area (Å²) in [6.07, 6.45) is -6.06. The van der Waals surface area contributed by atoms with Gasteiger partial charge < -0.3 is 35.6 Å². The van der Waals surface area contributed by atoms with Crippen molar-refractivity contribution >= 4 is 5.69 Å². The number of rotatable bonds is 3. The highest BCUT2D eigenvalue weighted by Crippen LogP contribution is 2.23. The molecule has 1 aromatic rings. The molecule has 0 radical (unpaired) electrons. The van der Waals surface area contributed by atoms with Crippen molar-refractivity contribution in [1.82, 2.24) is 0 Å². The average molecular weight is 271 g/mol. The Morgan fingerprint density at radius 3 is 2.21 bits per heavy atom. The van der Waals surface area contributed by atoms with E-state index in [1.165, 1.54) is 12.1 Å². The number of aliphatic hydroxyl groups is 4. The molecule has 1 aliphatic rings. The molecule has 19 heavy (non-hydrogen) atoms. The van der Waals surface area contributed by atoms with Gasteiger partial charge in [0.15, 0.2) is 6.23 Å². The van der Waals surface area contributed by atoms with Crippen molar-refractivity contribution in [3.8, 4) is 5.75 Å². The van der Waals surface area contributed by atoms with Crippen molar-refractivity contribution in [3.63, 3.8) is 0 Å². The molecule has 5 atom stereocenters. The van der Waals surface area contributed by atoms with Gasteiger partial charge in [0.1, 0.15) is 30.2 Å². The van der Waals surface area contributed by atoms with Gasteiger partial charge >= 0.3 is 0 Å². The Morgan fingerprint density at radius 2 is 1.63 bits per heavy atom. The van der Waals surface area contributed by atoms with Crippen molar-refractivity contribution < 1.29 is 30.3 Å². The summed E-state index contributed by atoms with van der Waals surface area (Å²) in [5.41, 5.74) is 0.558. The van der Waals surface area contributed by atoms with Crippen LogP contribution in [0.1, 0.15) is 0 Å². The Hall–Kier alpha value is -1.38. The lowest BCUT2D eigenvalue weighted by Crippen LogP contribution is -2.60. The molecule has 1 saturated heterocycles. The van der Waals surface area contributed by atoms with Gasteiger partial charge in [0.25, 0.3) is 0 Å². The average Bonchev–Trinajstić information content (AvgIpc) is 2.42. The maximum atomic E-state index is 9.81. The Balaban J connectivity index is 2.08. The first-order chi connectivity index (χ1) is 9.02. The molecule has 0 aliphatic carbocycles. The smallest absolute Gasteiger partial charge is 0.157 e. The molecule has 0 saturated carbocycles. The number of hydrogen-bond acceptors (Lipinski definition) is 7. The third kappa shape index (κ3) is 2.96. The van der Waals surface area contributed by atoms with Gasteiger partial charge in [-0.15, -0.1) is 0 Å². The van der Waals surface area contributed by atoms with E-state index in [2.05, 4.69) is 5.32 Å². The molecule has 6 N–H and O–H groups in total. The first-order valence-electron chi connectivity index (χ1n) is 5.89. The highest BCUT2D eigenvalue weighted by Gasteiger charge is 2.43. The highest BCUT2D eigenvalue weighted by atomic mass is 16.6. The maximum Gasteiger partial charge on any atom is 0.157 e. The molecular formula is C12H17NO6. The summed E-state index contributed by atoms with van der Waals surface area (Å²) in [6, 6.07) is 6.03. The van der Waals surface area contributed by atoms with E-state index in [0.29, 0.717) is 5.69 Å². The first kappa shape index (κ1) is 14.0. The lowest BCUT2D eigenvalue weighted by molar-refractivity contribution is -0.221. The zero-order valence-corrected chi connectivity index (χ0v) is 10.0. The van der Waals surface area contributed by atoms with E-state index in [1.54, 1.807) is 12.1 Å². The summed E-state index contributed by atoms with van der Waals surface area (Å²) in [5, 5.41) is 50.1. The predicted octanol–water partition coefficient (Wildman–Crippen LogP) is -1.40. The van der Waals surface area contributed by atoms with Gasteiger partial charge in [-0.2, -0.15) is 0 Å². The van der Waals surface area contributed by atoms with Gasteiger partial charge in [-0.3, -0.25) is 0 Å². The van der Waals surface area contributed by atoms with E-state index in [-0.39, 0.29) is 5.75 Å². The van der Waals surface area contributed by atoms with E-state index in [4.69, 9.17) is 14.9 Å². The zero-order valence-electron chi connectivity index (χ0n) is 10.0. The zero-order chi connectivity index (χ0) is 14.0. The third-order valence-electron chi connectivity index (χ3n) is 3.07. The van der Waals surface area contributed by atoms with Crippen molar-refractivity contribution in [3.05, 3.63) is 24.3 Å². The van der Waals surface area contributed by atoms with Crippen molar-refractivity contribution in [2.75, 3.05) is 11.9 Å². The molecule has 0 bridgehead atoms. The second kappa shape index (κ2) is 5.72. The van der Waals surface area contributed by atoms with Gasteiger partial charge in [-0.1, -0.05) is 0 Å². The SMILES string of the molecule is OC[C@@H]1O[C@H](Nc2ccc(O)cc2)[C@@H](O)[C@H](O)[C@@H]1O. The molecule has 1 heterocycles. The van der Waals surface area contributed by atoms with E-state index in [1.807, 2.05) is 0 Å². The van der Waals surface area contributed by atoms with Gasteiger partial charge in [-0.25, -0.2) is 0 Å². The number of ether oxygens (including phenoxy) is 1.